The van der Waals surface area contributed by atoms with Crippen LogP contribution in [0.1, 0.15) is 94.7 Å². The second kappa shape index (κ2) is 10.6. The molecule has 2 aliphatic rings. The van der Waals surface area contributed by atoms with Crippen molar-refractivity contribution in [2.75, 3.05) is 5.32 Å². The van der Waals surface area contributed by atoms with E-state index in [1.165, 1.54) is 31.7 Å². The summed E-state index contributed by atoms with van der Waals surface area (Å²) in [6, 6.07) is 4.44. The summed E-state index contributed by atoms with van der Waals surface area (Å²) in [4.78, 5) is 31.4. The fourth-order valence-corrected chi connectivity index (χ4v) is 5.64. The smallest absolute Gasteiger partial charge is 0.199 e. The van der Waals surface area contributed by atoms with E-state index in [-0.39, 0.29) is 17.6 Å². The molecular formula is C30H38N6O. The Labute approximate surface area is 219 Å². The maximum absolute atomic E-state index is 12.4. The highest BCUT2D eigenvalue weighted by Gasteiger charge is 2.29. The molecule has 3 aromatic heterocycles. The molecule has 7 nitrogen and oxygen atoms in total. The molecule has 0 bridgehead atoms. The van der Waals surface area contributed by atoms with Gasteiger partial charge in [-0.25, -0.2) is 15.0 Å². The summed E-state index contributed by atoms with van der Waals surface area (Å²) >= 11 is 0. The van der Waals surface area contributed by atoms with Crippen molar-refractivity contribution in [3.05, 3.63) is 29.7 Å². The number of fused-ring (bicyclic) bond motifs is 1. The number of nitrogens with zero attached hydrogens (tertiary/aromatic N) is 5. The van der Waals surface area contributed by atoms with Crippen molar-refractivity contribution in [1.82, 2.24) is 24.5 Å². The van der Waals surface area contributed by atoms with Crippen molar-refractivity contribution in [2.24, 2.45) is 17.8 Å². The summed E-state index contributed by atoms with van der Waals surface area (Å²) < 4.78 is 2.25. The number of nitrogens with one attached hydrogen (secondary N) is 1. The second-order valence-corrected chi connectivity index (χ2v) is 11.3. The van der Waals surface area contributed by atoms with Crippen LogP contribution in [-0.2, 0) is 6.54 Å². The number of pyridine rings is 1. The van der Waals surface area contributed by atoms with Crippen LogP contribution in [0.5, 0.6) is 0 Å². The molecule has 2 fully saturated rings. The molecule has 37 heavy (non-hydrogen) atoms. The van der Waals surface area contributed by atoms with Crippen LogP contribution in [0.3, 0.4) is 0 Å². The molecule has 0 unspecified atom stereocenters. The van der Waals surface area contributed by atoms with Gasteiger partial charge >= 0.3 is 0 Å². The third-order valence-corrected chi connectivity index (χ3v) is 8.34. The van der Waals surface area contributed by atoms with Crippen LogP contribution in [0.25, 0.3) is 22.7 Å². The molecule has 2 saturated carbocycles. The molecule has 3 aromatic rings. The molecule has 0 saturated heterocycles. The minimum Gasteiger partial charge on any atom is -0.365 e. The fraction of sp³-hybridized carbons (Fsp3) is 0.567. The molecule has 0 amide bonds. The number of aromatic nitrogens is 5. The van der Waals surface area contributed by atoms with Crippen LogP contribution < -0.4 is 5.32 Å². The first kappa shape index (κ1) is 25.4. The summed E-state index contributed by atoms with van der Waals surface area (Å²) in [5.74, 6) is 6.32. The third-order valence-electron chi connectivity index (χ3n) is 8.34. The number of imidazole rings is 1. The SMILES string of the molecule is C#C[C@H]1CC[C@H](Cn2c(-c3cc(C(C)C)ccn3)nc3nc(C(C)=O)nc(N[C@H](C)C4CCC4)c32)CC1. The average Bonchev–Trinajstić information content (AvgIpc) is 3.22. The van der Waals surface area contributed by atoms with E-state index in [0.717, 1.165) is 49.3 Å². The Bertz CT molecular complexity index is 1320. The average molecular weight is 499 g/mol. The highest BCUT2D eigenvalue weighted by molar-refractivity contribution is 5.95. The number of carbonyl (C=O) groups is 1. The molecule has 2 aliphatic carbocycles. The lowest BCUT2D eigenvalue weighted by atomic mass is 9.80. The Morgan fingerprint density at radius 1 is 1.14 bits per heavy atom. The number of rotatable bonds is 8. The van der Waals surface area contributed by atoms with Gasteiger partial charge < -0.3 is 9.88 Å². The molecule has 0 aliphatic heterocycles. The summed E-state index contributed by atoms with van der Waals surface area (Å²) in [5.41, 5.74) is 3.45. The summed E-state index contributed by atoms with van der Waals surface area (Å²) in [7, 11) is 0. The summed E-state index contributed by atoms with van der Waals surface area (Å²) in [6.45, 7) is 8.88. The van der Waals surface area contributed by atoms with Gasteiger partial charge in [-0.2, -0.15) is 0 Å². The second-order valence-electron chi connectivity index (χ2n) is 11.3. The minimum absolute atomic E-state index is 0.162. The maximum atomic E-state index is 12.4. The highest BCUT2D eigenvalue weighted by atomic mass is 16.1. The van der Waals surface area contributed by atoms with E-state index in [2.05, 4.69) is 53.7 Å². The van der Waals surface area contributed by atoms with Crippen LogP contribution in [0.4, 0.5) is 5.82 Å². The Kier molecular flexibility index (Phi) is 7.28. The molecule has 3 heterocycles. The van der Waals surface area contributed by atoms with Crippen LogP contribution >= 0.6 is 0 Å². The van der Waals surface area contributed by atoms with E-state index >= 15 is 0 Å². The van der Waals surface area contributed by atoms with Gasteiger partial charge in [0.1, 0.15) is 11.2 Å². The van der Waals surface area contributed by atoms with Gasteiger partial charge in [0.2, 0.25) is 0 Å². The Morgan fingerprint density at radius 3 is 2.51 bits per heavy atom. The number of hydrogen-bond donors (Lipinski definition) is 1. The predicted octanol–water partition coefficient (Wildman–Crippen LogP) is 6.25. The highest BCUT2D eigenvalue weighted by Crippen LogP contribution is 2.36. The first-order valence-electron chi connectivity index (χ1n) is 13.8. The van der Waals surface area contributed by atoms with E-state index in [9.17, 15) is 4.79 Å². The fourth-order valence-electron chi connectivity index (χ4n) is 5.64. The lowest BCUT2D eigenvalue weighted by Gasteiger charge is -2.32. The molecule has 0 radical (unpaired) electrons. The van der Waals surface area contributed by atoms with Gasteiger partial charge in [0.15, 0.2) is 28.9 Å². The van der Waals surface area contributed by atoms with E-state index in [1.807, 2.05) is 6.20 Å². The first-order chi connectivity index (χ1) is 17.8. The number of hydrogen-bond acceptors (Lipinski definition) is 6. The minimum atomic E-state index is -0.162. The largest absolute Gasteiger partial charge is 0.365 e. The van der Waals surface area contributed by atoms with Crippen molar-refractivity contribution in [2.45, 2.75) is 91.1 Å². The quantitative estimate of drug-likeness (QED) is 0.292. The first-order valence-corrected chi connectivity index (χ1v) is 13.8. The Morgan fingerprint density at radius 2 is 1.89 bits per heavy atom. The standard InChI is InChI=1S/C30H38N6O/c1-6-21-10-12-22(13-11-21)17-36-26-28(32-19(4)23-8-7-9-23)33-27(20(5)37)34-29(26)35-30(36)25-16-24(18(2)3)14-15-31-25/h1,14-16,18-19,21-23H,7-13,17H2,2-5H3,(H,32,33,34)/t19-,21-,22-/m1/s1. The number of carbonyl (C=O) groups excluding carboxylic acids is 1. The van der Waals surface area contributed by atoms with Crippen molar-refractivity contribution in [3.63, 3.8) is 0 Å². The number of terminal acetylenes is 1. The van der Waals surface area contributed by atoms with Crippen LogP contribution in [0.15, 0.2) is 18.3 Å². The number of anilines is 1. The monoisotopic (exact) mass is 498 g/mol. The maximum Gasteiger partial charge on any atom is 0.199 e. The van der Waals surface area contributed by atoms with Crippen LogP contribution in [0.2, 0.25) is 0 Å². The lowest BCUT2D eigenvalue weighted by molar-refractivity contribution is 0.100. The zero-order valence-corrected chi connectivity index (χ0v) is 22.5. The molecule has 7 heteroatoms. The predicted molar refractivity (Wildman–Crippen MR) is 147 cm³/mol. The molecule has 1 atom stereocenters. The molecule has 1 N–H and O–H groups in total. The van der Waals surface area contributed by atoms with Gasteiger partial charge in [0.25, 0.3) is 0 Å². The topological polar surface area (TPSA) is 85.6 Å². The molecule has 5 rings (SSSR count). The molecular weight excluding hydrogens is 460 g/mol. The zero-order valence-electron chi connectivity index (χ0n) is 22.5. The molecule has 194 valence electrons. The van der Waals surface area contributed by atoms with Crippen molar-refractivity contribution < 1.29 is 4.79 Å². The Hall–Kier alpha value is -3.27. The summed E-state index contributed by atoms with van der Waals surface area (Å²) in [5, 5.41) is 3.66. The normalized spacial score (nSPS) is 21.0. The number of Topliss-reactive ketones (excluding diaryl/α,β-unsaturated/α-hetero) is 1. The van der Waals surface area contributed by atoms with E-state index in [0.29, 0.717) is 35.1 Å². The van der Waals surface area contributed by atoms with E-state index in [4.69, 9.17) is 21.4 Å². The molecule has 0 aromatic carbocycles. The van der Waals surface area contributed by atoms with Gasteiger partial charge in [-0.1, -0.05) is 20.3 Å². The zero-order chi connectivity index (χ0) is 26.1. The molecule has 0 spiro atoms. The summed E-state index contributed by atoms with van der Waals surface area (Å²) in [6.07, 6.45) is 15.6. The van der Waals surface area contributed by atoms with Gasteiger partial charge in [0, 0.05) is 31.6 Å². The Balaban J connectivity index is 1.64. The van der Waals surface area contributed by atoms with Gasteiger partial charge in [-0.05, 0) is 80.9 Å². The van der Waals surface area contributed by atoms with Gasteiger partial charge in [-0.3, -0.25) is 9.78 Å². The van der Waals surface area contributed by atoms with Crippen molar-refractivity contribution >= 4 is 22.8 Å². The van der Waals surface area contributed by atoms with Crippen LogP contribution in [0, 0.1) is 30.1 Å². The van der Waals surface area contributed by atoms with E-state index in [1.54, 1.807) is 0 Å². The lowest BCUT2D eigenvalue weighted by Crippen LogP contribution is -2.31. The van der Waals surface area contributed by atoms with Gasteiger partial charge in [-0.15, -0.1) is 12.3 Å². The van der Waals surface area contributed by atoms with Gasteiger partial charge in [0.05, 0.1) is 0 Å². The van der Waals surface area contributed by atoms with E-state index < -0.39 is 0 Å². The third kappa shape index (κ3) is 5.25. The van der Waals surface area contributed by atoms with Crippen molar-refractivity contribution in [3.8, 4) is 23.9 Å². The van der Waals surface area contributed by atoms with Crippen molar-refractivity contribution in [1.29, 1.82) is 0 Å². The number of ketones is 1. The van der Waals surface area contributed by atoms with Crippen LogP contribution in [-0.4, -0.2) is 36.3 Å².